The Bertz CT molecular complexity index is 782. The van der Waals surface area contributed by atoms with Crippen molar-refractivity contribution in [1.82, 2.24) is 9.71 Å². The predicted octanol–water partition coefficient (Wildman–Crippen LogP) is 1.47. The Morgan fingerprint density at radius 1 is 1.29 bits per heavy atom. The van der Waals surface area contributed by atoms with Crippen molar-refractivity contribution < 1.29 is 8.42 Å². The number of hydrogen-bond donors (Lipinski definition) is 2. The Hall–Kier alpha value is -2.43. The zero-order chi connectivity index (χ0) is 15.3. The second kappa shape index (κ2) is 6.35. The molecule has 0 atom stereocenters. The number of hydrogen-bond acceptors (Lipinski definition) is 5. The molecule has 108 valence electrons. The van der Waals surface area contributed by atoms with Crippen molar-refractivity contribution in [1.29, 1.82) is 5.26 Å². The highest BCUT2D eigenvalue weighted by Gasteiger charge is 2.14. The molecule has 0 saturated carbocycles. The topological polar surface area (TPSA) is 94.9 Å². The van der Waals surface area contributed by atoms with Crippen LogP contribution in [0.25, 0.3) is 0 Å². The Morgan fingerprint density at radius 2 is 2.10 bits per heavy atom. The minimum atomic E-state index is -3.62. The van der Waals surface area contributed by atoms with Gasteiger partial charge in [-0.15, -0.1) is 0 Å². The summed E-state index contributed by atoms with van der Waals surface area (Å²) in [5.74, 6) is 0.476. The Kier molecular flexibility index (Phi) is 4.52. The van der Waals surface area contributed by atoms with Crippen LogP contribution in [0.2, 0.25) is 0 Å². The third-order valence-corrected chi connectivity index (χ3v) is 4.22. The first-order valence-corrected chi connectivity index (χ1v) is 7.66. The van der Waals surface area contributed by atoms with Crippen molar-refractivity contribution in [3.63, 3.8) is 0 Å². The standard InChI is InChI=1S/C14H14N4O2S/c1-16-14-8-13(5-6-17-14)21(19,20)18-10-12-4-2-3-11(7-12)9-15/h2-8,18H,10H2,1H3,(H,16,17). The normalized spacial score (nSPS) is 10.9. The van der Waals surface area contributed by atoms with E-state index in [-0.39, 0.29) is 11.4 Å². The van der Waals surface area contributed by atoms with Crippen molar-refractivity contribution in [3.8, 4) is 6.07 Å². The van der Waals surface area contributed by atoms with Crippen LogP contribution in [-0.4, -0.2) is 20.4 Å². The van der Waals surface area contributed by atoms with E-state index in [1.165, 1.54) is 18.3 Å². The molecule has 0 aliphatic rings. The molecule has 2 rings (SSSR count). The van der Waals surface area contributed by atoms with Gasteiger partial charge in [0.1, 0.15) is 5.82 Å². The maximum atomic E-state index is 12.2. The minimum Gasteiger partial charge on any atom is -0.373 e. The highest BCUT2D eigenvalue weighted by Crippen LogP contribution is 2.13. The maximum Gasteiger partial charge on any atom is 0.241 e. The summed E-state index contributed by atoms with van der Waals surface area (Å²) in [4.78, 5) is 4.11. The molecule has 0 amide bonds. The van der Waals surface area contributed by atoms with E-state index >= 15 is 0 Å². The van der Waals surface area contributed by atoms with Gasteiger partial charge in [0.25, 0.3) is 0 Å². The van der Waals surface area contributed by atoms with E-state index in [4.69, 9.17) is 5.26 Å². The lowest BCUT2D eigenvalue weighted by molar-refractivity contribution is 0.581. The number of nitrogens with one attached hydrogen (secondary N) is 2. The van der Waals surface area contributed by atoms with Gasteiger partial charge in [0.15, 0.2) is 0 Å². The molecule has 1 heterocycles. The van der Waals surface area contributed by atoms with Gasteiger partial charge >= 0.3 is 0 Å². The number of anilines is 1. The van der Waals surface area contributed by atoms with Gasteiger partial charge in [0, 0.05) is 25.9 Å². The molecule has 7 heteroatoms. The van der Waals surface area contributed by atoms with Gasteiger partial charge < -0.3 is 5.32 Å². The van der Waals surface area contributed by atoms with E-state index in [9.17, 15) is 8.42 Å². The number of benzene rings is 1. The molecule has 0 unspecified atom stereocenters. The molecule has 1 aromatic heterocycles. The van der Waals surface area contributed by atoms with Crippen LogP contribution in [0.1, 0.15) is 11.1 Å². The van der Waals surface area contributed by atoms with Crippen LogP contribution in [0.5, 0.6) is 0 Å². The summed E-state index contributed by atoms with van der Waals surface area (Å²) in [7, 11) is -1.96. The molecule has 0 aliphatic heterocycles. The van der Waals surface area contributed by atoms with Gasteiger partial charge in [-0.3, -0.25) is 0 Å². The number of nitrogens with zero attached hydrogens (tertiary/aromatic N) is 2. The fourth-order valence-corrected chi connectivity index (χ4v) is 2.76. The lowest BCUT2D eigenvalue weighted by atomic mass is 10.1. The van der Waals surface area contributed by atoms with E-state index in [0.29, 0.717) is 11.4 Å². The Morgan fingerprint density at radius 3 is 2.81 bits per heavy atom. The Balaban J connectivity index is 2.16. The van der Waals surface area contributed by atoms with E-state index in [0.717, 1.165) is 5.56 Å². The Labute approximate surface area is 123 Å². The van der Waals surface area contributed by atoms with Crippen LogP contribution in [-0.2, 0) is 16.6 Å². The average molecular weight is 302 g/mol. The molecule has 2 N–H and O–H groups in total. The van der Waals surface area contributed by atoms with Crippen molar-refractivity contribution in [2.45, 2.75) is 11.4 Å². The van der Waals surface area contributed by atoms with Crippen LogP contribution in [0, 0.1) is 11.3 Å². The third-order valence-electron chi connectivity index (χ3n) is 2.82. The first-order chi connectivity index (χ1) is 10.0. The number of rotatable bonds is 5. The second-order valence-electron chi connectivity index (χ2n) is 4.26. The SMILES string of the molecule is CNc1cc(S(=O)(=O)NCc2cccc(C#N)c2)ccn1. The molecule has 1 aromatic carbocycles. The molecule has 0 aliphatic carbocycles. The molecule has 21 heavy (non-hydrogen) atoms. The lowest BCUT2D eigenvalue weighted by Crippen LogP contribution is -2.23. The monoisotopic (exact) mass is 302 g/mol. The molecule has 0 saturated heterocycles. The number of pyridine rings is 1. The van der Waals surface area contributed by atoms with Gasteiger partial charge in [-0.1, -0.05) is 12.1 Å². The second-order valence-corrected chi connectivity index (χ2v) is 6.03. The highest BCUT2D eigenvalue weighted by molar-refractivity contribution is 7.89. The number of nitriles is 1. The fourth-order valence-electron chi connectivity index (χ4n) is 1.73. The largest absolute Gasteiger partial charge is 0.373 e. The molecule has 0 bridgehead atoms. The lowest BCUT2D eigenvalue weighted by Gasteiger charge is -2.08. The zero-order valence-corrected chi connectivity index (χ0v) is 12.2. The van der Waals surface area contributed by atoms with Crippen molar-refractivity contribution in [2.24, 2.45) is 0 Å². The summed E-state index contributed by atoms with van der Waals surface area (Å²) in [6.45, 7) is 0.120. The van der Waals surface area contributed by atoms with Crippen LogP contribution in [0.3, 0.4) is 0 Å². The van der Waals surface area contributed by atoms with Crippen LogP contribution in [0.15, 0.2) is 47.5 Å². The summed E-state index contributed by atoms with van der Waals surface area (Å²) in [6, 6.07) is 11.7. The summed E-state index contributed by atoms with van der Waals surface area (Å²) >= 11 is 0. The summed E-state index contributed by atoms with van der Waals surface area (Å²) in [5.41, 5.74) is 1.22. The van der Waals surface area contributed by atoms with Crippen LogP contribution in [0.4, 0.5) is 5.82 Å². The van der Waals surface area contributed by atoms with Crippen molar-refractivity contribution in [3.05, 3.63) is 53.7 Å². The maximum absolute atomic E-state index is 12.2. The molecule has 0 fully saturated rings. The minimum absolute atomic E-state index is 0.120. The number of aromatic nitrogens is 1. The van der Waals surface area contributed by atoms with Gasteiger partial charge in [-0.25, -0.2) is 18.1 Å². The average Bonchev–Trinajstić information content (AvgIpc) is 2.53. The summed E-state index contributed by atoms with van der Waals surface area (Å²) < 4.78 is 26.9. The smallest absolute Gasteiger partial charge is 0.241 e. The van der Waals surface area contributed by atoms with E-state index in [1.54, 1.807) is 31.3 Å². The van der Waals surface area contributed by atoms with Gasteiger partial charge in [0.2, 0.25) is 10.0 Å². The first-order valence-electron chi connectivity index (χ1n) is 6.17. The van der Waals surface area contributed by atoms with E-state index in [1.807, 2.05) is 6.07 Å². The highest BCUT2D eigenvalue weighted by atomic mass is 32.2. The van der Waals surface area contributed by atoms with Crippen molar-refractivity contribution >= 4 is 15.8 Å². The predicted molar refractivity (Wildman–Crippen MR) is 79.0 cm³/mol. The van der Waals surface area contributed by atoms with Gasteiger partial charge in [0.05, 0.1) is 16.5 Å². The molecule has 6 nitrogen and oxygen atoms in total. The van der Waals surface area contributed by atoms with Gasteiger partial charge in [-0.05, 0) is 23.8 Å². The van der Waals surface area contributed by atoms with Gasteiger partial charge in [-0.2, -0.15) is 5.26 Å². The summed E-state index contributed by atoms with van der Waals surface area (Å²) in [5, 5.41) is 11.6. The first kappa shape index (κ1) is 15.0. The molecule has 0 spiro atoms. The molecule has 0 radical (unpaired) electrons. The van der Waals surface area contributed by atoms with Crippen LogP contribution < -0.4 is 10.0 Å². The summed E-state index contributed by atoms with van der Waals surface area (Å²) in [6.07, 6.45) is 1.43. The van der Waals surface area contributed by atoms with Crippen LogP contribution >= 0.6 is 0 Å². The van der Waals surface area contributed by atoms with Crippen molar-refractivity contribution in [2.75, 3.05) is 12.4 Å². The zero-order valence-electron chi connectivity index (χ0n) is 11.4. The number of sulfonamides is 1. The fraction of sp³-hybridized carbons (Fsp3) is 0.143. The quantitative estimate of drug-likeness (QED) is 0.872. The molecule has 2 aromatic rings. The molecular weight excluding hydrogens is 288 g/mol. The van der Waals surface area contributed by atoms with E-state index in [2.05, 4.69) is 15.0 Å². The van der Waals surface area contributed by atoms with E-state index < -0.39 is 10.0 Å². The molecular formula is C14H14N4O2S. The third kappa shape index (κ3) is 3.78.